The molecule has 0 bridgehead atoms. The molecule has 0 aromatic carbocycles. The van der Waals surface area contributed by atoms with Crippen molar-refractivity contribution in [1.82, 2.24) is 10.2 Å². The Morgan fingerprint density at radius 3 is 2.60 bits per heavy atom. The fourth-order valence-corrected chi connectivity index (χ4v) is 1.63. The molecule has 0 aromatic heterocycles. The highest BCUT2D eigenvalue weighted by atomic mass is 35.5. The Morgan fingerprint density at radius 2 is 2.13 bits per heavy atom. The molecule has 1 fully saturated rings. The van der Waals surface area contributed by atoms with Gasteiger partial charge in [0.25, 0.3) is 0 Å². The van der Waals surface area contributed by atoms with Gasteiger partial charge in [0.15, 0.2) is 0 Å². The van der Waals surface area contributed by atoms with Gasteiger partial charge in [0.1, 0.15) is 0 Å². The molecule has 0 radical (unpaired) electrons. The van der Waals surface area contributed by atoms with Crippen LogP contribution >= 0.6 is 12.4 Å². The van der Waals surface area contributed by atoms with Gasteiger partial charge in [0, 0.05) is 25.7 Å². The van der Waals surface area contributed by atoms with Gasteiger partial charge < -0.3 is 16.0 Å². The summed E-state index contributed by atoms with van der Waals surface area (Å²) in [6.07, 6.45) is 0. The fraction of sp³-hybridized carbons (Fsp3) is 0.900. The number of nitrogens with one attached hydrogen (secondary N) is 1. The van der Waals surface area contributed by atoms with Gasteiger partial charge in [-0.25, -0.2) is 0 Å². The van der Waals surface area contributed by atoms with Gasteiger partial charge in [-0.3, -0.25) is 4.79 Å². The van der Waals surface area contributed by atoms with E-state index in [9.17, 15) is 4.79 Å². The van der Waals surface area contributed by atoms with Crippen molar-refractivity contribution in [2.24, 2.45) is 11.7 Å². The molecular weight excluding hydrogens is 214 g/mol. The molecule has 1 rings (SSSR count). The molecule has 1 aliphatic rings. The molecule has 5 heteroatoms. The van der Waals surface area contributed by atoms with Crippen LogP contribution in [0.1, 0.15) is 20.8 Å². The number of rotatable bonds is 2. The highest BCUT2D eigenvalue weighted by Crippen LogP contribution is 2.06. The number of nitrogens with zero attached hydrogens (tertiary/aromatic N) is 1. The molecule has 0 spiro atoms. The number of piperazine rings is 1. The van der Waals surface area contributed by atoms with Crippen molar-refractivity contribution in [3.05, 3.63) is 0 Å². The lowest BCUT2D eigenvalue weighted by Crippen LogP contribution is -2.56. The van der Waals surface area contributed by atoms with Crippen molar-refractivity contribution >= 4 is 18.3 Å². The smallest absolute Gasteiger partial charge is 0.239 e. The van der Waals surface area contributed by atoms with Gasteiger partial charge in [0.05, 0.1) is 6.04 Å². The number of carbonyl (C=O) groups is 1. The van der Waals surface area contributed by atoms with Crippen molar-refractivity contribution < 1.29 is 4.79 Å². The van der Waals surface area contributed by atoms with Crippen LogP contribution in [0.25, 0.3) is 0 Å². The van der Waals surface area contributed by atoms with Crippen LogP contribution in [0.15, 0.2) is 0 Å². The third kappa shape index (κ3) is 3.97. The van der Waals surface area contributed by atoms with E-state index in [1.165, 1.54) is 0 Å². The summed E-state index contributed by atoms with van der Waals surface area (Å²) in [7, 11) is 0. The lowest BCUT2D eigenvalue weighted by molar-refractivity contribution is -0.134. The second-order valence-corrected chi connectivity index (χ2v) is 4.41. The van der Waals surface area contributed by atoms with Crippen LogP contribution in [0.5, 0.6) is 0 Å². The predicted octanol–water partition coefficient (Wildman–Crippen LogP) is 0.212. The van der Waals surface area contributed by atoms with Crippen LogP contribution in [0.3, 0.4) is 0 Å². The Labute approximate surface area is 98.0 Å². The molecule has 1 amide bonds. The second kappa shape index (κ2) is 6.30. The van der Waals surface area contributed by atoms with E-state index in [1.807, 2.05) is 18.7 Å². The number of carbonyl (C=O) groups excluding carboxylic acids is 1. The maximum atomic E-state index is 11.9. The molecule has 0 saturated carbocycles. The summed E-state index contributed by atoms with van der Waals surface area (Å²) >= 11 is 0. The molecule has 2 atom stereocenters. The molecule has 90 valence electrons. The third-order valence-corrected chi connectivity index (χ3v) is 2.68. The monoisotopic (exact) mass is 235 g/mol. The highest BCUT2D eigenvalue weighted by Gasteiger charge is 2.26. The maximum Gasteiger partial charge on any atom is 0.239 e. The Balaban J connectivity index is 0.00000196. The Kier molecular flexibility index (Phi) is 6.17. The average molecular weight is 236 g/mol. The second-order valence-electron chi connectivity index (χ2n) is 4.41. The first kappa shape index (κ1) is 14.7. The lowest BCUT2D eigenvalue weighted by Gasteiger charge is -2.34. The third-order valence-electron chi connectivity index (χ3n) is 2.68. The zero-order chi connectivity index (χ0) is 10.7. The molecule has 4 nitrogen and oxygen atoms in total. The number of amides is 1. The number of halogens is 1. The Hall–Kier alpha value is -0.320. The summed E-state index contributed by atoms with van der Waals surface area (Å²) in [4.78, 5) is 13.7. The first-order chi connectivity index (χ1) is 6.52. The van der Waals surface area contributed by atoms with E-state index < -0.39 is 0 Å². The maximum absolute atomic E-state index is 11.9. The topological polar surface area (TPSA) is 58.4 Å². The van der Waals surface area contributed by atoms with Gasteiger partial charge in [0.2, 0.25) is 5.91 Å². The number of hydrogen-bond acceptors (Lipinski definition) is 3. The molecule has 15 heavy (non-hydrogen) atoms. The SMILES string of the molecule is CC(C)[C@H](N)C(=O)N1CCN[C@@H](C)C1.Cl. The van der Waals surface area contributed by atoms with E-state index in [0.29, 0.717) is 6.04 Å². The van der Waals surface area contributed by atoms with Gasteiger partial charge in [-0.2, -0.15) is 0 Å². The summed E-state index contributed by atoms with van der Waals surface area (Å²) < 4.78 is 0. The Bertz CT molecular complexity index is 211. The molecule has 0 aromatic rings. The minimum Gasteiger partial charge on any atom is -0.339 e. The normalized spacial score (nSPS) is 23.5. The summed E-state index contributed by atoms with van der Waals surface area (Å²) in [5.41, 5.74) is 5.82. The predicted molar refractivity (Wildman–Crippen MR) is 64.1 cm³/mol. The van der Waals surface area contributed by atoms with Crippen molar-refractivity contribution in [3.63, 3.8) is 0 Å². The Morgan fingerprint density at radius 1 is 1.53 bits per heavy atom. The highest BCUT2D eigenvalue weighted by molar-refractivity contribution is 5.85. The standard InChI is InChI=1S/C10H21N3O.ClH/c1-7(2)9(11)10(14)13-5-4-12-8(3)6-13;/h7-9,12H,4-6,11H2,1-3H3;1H/t8-,9-;/m0./s1. The van der Waals surface area contributed by atoms with E-state index in [0.717, 1.165) is 19.6 Å². The van der Waals surface area contributed by atoms with Crippen LogP contribution < -0.4 is 11.1 Å². The van der Waals surface area contributed by atoms with E-state index in [4.69, 9.17) is 5.73 Å². The van der Waals surface area contributed by atoms with Crippen molar-refractivity contribution in [2.75, 3.05) is 19.6 Å². The van der Waals surface area contributed by atoms with Gasteiger partial charge in [-0.15, -0.1) is 12.4 Å². The van der Waals surface area contributed by atoms with Gasteiger partial charge in [-0.1, -0.05) is 13.8 Å². The molecular formula is C10H22ClN3O. The van der Waals surface area contributed by atoms with E-state index in [2.05, 4.69) is 12.2 Å². The minimum atomic E-state index is -0.347. The van der Waals surface area contributed by atoms with Crippen molar-refractivity contribution in [3.8, 4) is 0 Å². The molecule has 0 aliphatic carbocycles. The largest absolute Gasteiger partial charge is 0.339 e. The summed E-state index contributed by atoms with van der Waals surface area (Å²) in [5.74, 6) is 0.307. The first-order valence-corrected chi connectivity index (χ1v) is 5.30. The van der Waals surface area contributed by atoms with E-state index in [-0.39, 0.29) is 30.3 Å². The van der Waals surface area contributed by atoms with Crippen LogP contribution in [-0.2, 0) is 4.79 Å². The van der Waals surface area contributed by atoms with Crippen molar-refractivity contribution in [1.29, 1.82) is 0 Å². The van der Waals surface area contributed by atoms with Crippen LogP contribution in [0, 0.1) is 5.92 Å². The van der Waals surface area contributed by atoms with Crippen LogP contribution in [0.2, 0.25) is 0 Å². The van der Waals surface area contributed by atoms with Gasteiger partial charge in [-0.05, 0) is 12.8 Å². The number of nitrogens with two attached hydrogens (primary N) is 1. The van der Waals surface area contributed by atoms with E-state index in [1.54, 1.807) is 0 Å². The summed E-state index contributed by atoms with van der Waals surface area (Å²) in [5, 5.41) is 3.30. The number of hydrogen-bond donors (Lipinski definition) is 2. The minimum absolute atomic E-state index is 0. The van der Waals surface area contributed by atoms with Crippen LogP contribution in [0.4, 0.5) is 0 Å². The quantitative estimate of drug-likeness (QED) is 0.720. The molecule has 1 saturated heterocycles. The van der Waals surface area contributed by atoms with E-state index >= 15 is 0 Å². The summed E-state index contributed by atoms with van der Waals surface area (Å²) in [6, 6.07) is 0.0346. The van der Waals surface area contributed by atoms with Gasteiger partial charge >= 0.3 is 0 Å². The summed E-state index contributed by atoms with van der Waals surface area (Å²) in [6.45, 7) is 8.48. The molecule has 1 heterocycles. The zero-order valence-corrected chi connectivity index (χ0v) is 10.5. The zero-order valence-electron chi connectivity index (χ0n) is 9.69. The first-order valence-electron chi connectivity index (χ1n) is 5.30. The van der Waals surface area contributed by atoms with Crippen LogP contribution in [-0.4, -0.2) is 42.5 Å². The lowest BCUT2D eigenvalue weighted by atomic mass is 10.0. The molecule has 1 aliphatic heterocycles. The van der Waals surface area contributed by atoms with Crippen molar-refractivity contribution in [2.45, 2.75) is 32.9 Å². The molecule has 3 N–H and O–H groups in total. The average Bonchev–Trinajstić information content (AvgIpc) is 2.15. The fourth-order valence-electron chi connectivity index (χ4n) is 1.63. The molecule has 0 unspecified atom stereocenters.